The number of hydrogen-bond donors (Lipinski definition) is 2. The molecule has 0 amide bonds. The fourth-order valence-electron chi connectivity index (χ4n) is 4.77. The molecule has 0 aromatic carbocycles. The second-order valence-electron chi connectivity index (χ2n) is 8.26. The normalized spacial score (nSPS) is 27.2. The van der Waals surface area contributed by atoms with Gasteiger partial charge in [0.15, 0.2) is 4.77 Å². The predicted molar refractivity (Wildman–Crippen MR) is 103 cm³/mol. The van der Waals surface area contributed by atoms with E-state index in [1.165, 1.54) is 25.7 Å². The third-order valence-electron chi connectivity index (χ3n) is 5.89. The number of nitrogens with one attached hydrogen (secondary N) is 1. The molecule has 2 N–H and O–H groups in total. The number of rotatable bonds is 5. The Morgan fingerprint density at radius 3 is 2.64 bits per heavy atom. The maximum absolute atomic E-state index is 12.4. The average molecular weight is 364 g/mol. The topological polar surface area (TPSA) is 70.4 Å². The van der Waals surface area contributed by atoms with Crippen LogP contribution in [0.2, 0.25) is 0 Å². The minimum absolute atomic E-state index is 0.0659. The van der Waals surface area contributed by atoms with E-state index in [-0.39, 0.29) is 27.8 Å². The van der Waals surface area contributed by atoms with Gasteiger partial charge in [0.25, 0.3) is 5.56 Å². The van der Waals surface area contributed by atoms with Crippen LogP contribution in [0, 0.1) is 28.4 Å². The summed E-state index contributed by atoms with van der Waals surface area (Å²) >= 11 is 5.21. The van der Waals surface area contributed by atoms with Crippen molar-refractivity contribution in [1.29, 1.82) is 0 Å². The van der Waals surface area contributed by atoms with Crippen molar-refractivity contribution in [3.63, 3.8) is 0 Å². The zero-order valence-electron chi connectivity index (χ0n) is 15.6. The second kappa shape index (κ2) is 7.06. The monoisotopic (exact) mass is 363 g/mol. The molecule has 0 spiro atoms. The Labute approximate surface area is 154 Å². The number of hydrogen-bond acceptors (Lipinski definition) is 4. The first-order valence-corrected chi connectivity index (χ1v) is 9.79. The molecule has 1 heterocycles. The van der Waals surface area contributed by atoms with Crippen molar-refractivity contribution >= 4 is 17.9 Å². The zero-order valence-corrected chi connectivity index (χ0v) is 16.4. The summed E-state index contributed by atoms with van der Waals surface area (Å²) in [6, 6.07) is 0.177. The standard InChI is InChI=1S/C19H29N3O2S/c1-10(2)9-22-18(24)16(17(23)21-19(22)25)12(4)20-11(3)15-8-13-5-6-14(15)7-13/h10-11,13-15,24H,5-9H2,1-4H3,(H,21,23,25)/t11-,13-,14-,15-/m0/s1. The largest absolute Gasteiger partial charge is 0.494 e. The molecule has 2 aliphatic carbocycles. The molecular formula is C19H29N3O2S. The van der Waals surface area contributed by atoms with Gasteiger partial charge in [-0.2, -0.15) is 0 Å². The van der Waals surface area contributed by atoms with Crippen molar-refractivity contribution < 1.29 is 5.11 Å². The smallest absolute Gasteiger partial charge is 0.264 e. The van der Waals surface area contributed by atoms with Crippen molar-refractivity contribution in [3.8, 4) is 5.88 Å². The quantitative estimate of drug-likeness (QED) is 0.616. The van der Waals surface area contributed by atoms with Gasteiger partial charge in [-0.3, -0.25) is 19.3 Å². The van der Waals surface area contributed by atoms with Crippen LogP contribution in [0.25, 0.3) is 0 Å². The minimum Gasteiger partial charge on any atom is -0.494 e. The van der Waals surface area contributed by atoms with Crippen LogP contribution in [-0.4, -0.2) is 26.4 Å². The van der Waals surface area contributed by atoms with Crippen molar-refractivity contribution in [2.75, 3.05) is 0 Å². The van der Waals surface area contributed by atoms with E-state index < -0.39 is 0 Å². The molecule has 0 aliphatic heterocycles. The van der Waals surface area contributed by atoms with E-state index in [0.717, 1.165) is 11.8 Å². The number of aromatic amines is 1. The van der Waals surface area contributed by atoms with E-state index in [1.54, 1.807) is 4.57 Å². The van der Waals surface area contributed by atoms with Gasteiger partial charge >= 0.3 is 0 Å². The molecule has 138 valence electrons. The van der Waals surface area contributed by atoms with E-state index in [2.05, 4.69) is 11.9 Å². The fourth-order valence-corrected chi connectivity index (χ4v) is 5.02. The molecule has 4 atom stereocenters. The molecule has 0 radical (unpaired) electrons. The Kier molecular flexibility index (Phi) is 5.19. The van der Waals surface area contributed by atoms with Crippen LogP contribution in [-0.2, 0) is 6.54 Å². The van der Waals surface area contributed by atoms with Crippen molar-refractivity contribution in [2.45, 2.75) is 66.0 Å². The van der Waals surface area contributed by atoms with E-state index in [1.807, 2.05) is 20.8 Å². The van der Waals surface area contributed by atoms with Gasteiger partial charge in [-0.15, -0.1) is 0 Å². The lowest BCUT2D eigenvalue weighted by atomic mass is 9.84. The van der Waals surface area contributed by atoms with E-state index in [4.69, 9.17) is 17.2 Å². The highest BCUT2D eigenvalue weighted by atomic mass is 32.1. The summed E-state index contributed by atoms with van der Waals surface area (Å²) in [5.74, 6) is 2.50. The number of fused-ring (bicyclic) bond motifs is 2. The lowest BCUT2D eigenvalue weighted by Gasteiger charge is -2.25. The Morgan fingerprint density at radius 2 is 2.08 bits per heavy atom. The lowest BCUT2D eigenvalue weighted by molar-refractivity contribution is 0.294. The van der Waals surface area contributed by atoms with Gasteiger partial charge in [-0.1, -0.05) is 20.3 Å². The van der Waals surface area contributed by atoms with Crippen LogP contribution in [0.5, 0.6) is 5.88 Å². The fraction of sp³-hybridized carbons (Fsp3) is 0.737. The molecule has 2 bridgehead atoms. The predicted octanol–water partition coefficient (Wildman–Crippen LogP) is 3.90. The molecule has 0 unspecified atom stereocenters. The Hall–Kier alpha value is -1.43. The number of aromatic nitrogens is 2. The molecule has 6 heteroatoms. The Morgan fingerprint density at radius 1 is 1.36 bits per heavy atom. The number of H-pyrrole nitrogens is 1. The molecule has 0 saturated heterocycles. The molecule has 1 aromatic rings. The first-order valence-electron chi connectivity index (χ1n) is 9.38. The first kappa shape index (κ1) is 18.4. The molecule has 2 fully saturated rings. The highest BCUT2D eigenvalue weighted by Crippen LogP contribution is 2.50. The van der Waals surface area contributed by atoms with Gasteiger partial charge in [0, 0.05) is 6.54 Å². The summed E-state index contributed by atoms with van der Waals surface area (Å²) in [6.45, 7) is 8.61. The summed E-state index contributed by atoms with van der Waals surface area (Å²) in [4.78, 5) is 19.9. The Balaban J connectivity index is 1.92. The van der Waals surface area contributed by atoms with Crippen LogP contribution < -0.4 is 5.56 Å². The van der Waals surface area contributed by atoms with Gasteiger partial charge < -0.3 is 5.11 Å². The van der Waals surface area contributed by atoms with Crippen molar-refractivity contribution in [3.05, 3.63) is 20.7 Å². The highest BCUT2D eigenvalue weighted by molar-refractivity contribution is 7.71. The van der Waals surface area contributed by atoms with Crippen molar-refractivity contribution in [2.24, 2.45) is 28.7 Å². The maximum atomic E-state index is 12.4. The molecule has 2 saturated carbocycles. The van der Waals surface area contributed by atoms with Crippen LogP contribution >= 0.6 is 12.2 Å². The molecule has 5 nitrogen and oxygen atoms in total. The van der Waals surface area contributed by atoms with E-state index in [0.29, 0.717) is 24.1 Å². The van der Waals surface area contributed by atoms with Crippen LogP contribution in [0.4, 0.5) is 0 Å². The van der Waals surface area contributed by atoms with Crippen LogP contribution in [0.1, 0.15) is 58.9 Å². The van der Waals surface area contributed by atoms with Gasteiger partial charge in [0.2, 0.25) is 5.88 Å². The third kappa shape index (κ3) is 3.59. The summed E-state index contributed by atoms with van der Waals surface area (Å²) < 4.78 is 1.85. The minimum atomic E-state index is -0.358. The van der Waals surface area contributed by atoms with Crippen LogP contribution in [0.3, 0.4) is 0 Å². The zero-order chi connectivity index (χ0) is 18.3. The second-order valence-corrected chi connectivity index (χ2v) is 8.64. The third-order valence-corrected chi connectivity index (χ3v) is 6.21. The SMILES string of the molecule is CC(=N[C@@H](C)[C@@H]1C[C@H]2CC[C@H]1C2)c1c(O)n(CC(C)C)c(=S)[nH]c1=O. The van der Waals surface area contributed by atoms with Gasteiger partial charge in [-0.25, -0.2) is 0 Å². The molecule has 3 rings (SSSR count). The molecule has 1 aromatic heterocycles. The molecule has 2 aliphatic rings. The maximum Gasteiger partial charge on any atom is 0.264 e. The number of aliphatic imine (C=N–C) groups is 1. The number of aromatic hydroxyl groups is 1. The summed E-state index contributed by atoms with van der Waals surface area (Å²) in [5, 5.41) is 10.6. The first-order chi connectivity index (χ1) is 11.8. The van der Waals surface area contributed by atoms with E-state index >= 15 is 0 Å². The molecular weight excluding hydrogens is 334 g/mol. The summed E-state index contributed by atoms with van der Waals surface area (Å²) in [5.41, 5.74) is 0.495. The summed E-state index contributed by atoms with van der Waals surface area (Å²) in [7, 11) is 0. The van der Waals surface area contributed by atoms with Crippen LogP contribution in [0.15, 0.2) is 9.79 Å². The number of nitrogens with zero attached hydrogens (tertiary/aromatic N) is 2. The average Bonchev–Trinajstić information content (AvgIpc) is 3.13. The Bertz CT molecular complexity index is 793. The van der Waals surface area contributed by atoms with E-state index in [9.17, 15) is 9.90 Å². The highest BCUT2D eigenvalue weighted by Gasteiger charge is 2.41. The summed E-state index contributed by atoms with van der Waals surface area (Å²) in [6.07, 6.45) is 5.28. The molecule has 25 heavy (non-hydrogen) atoms. The van der Waals surface area contributed by atoms with Gasteiger partial charge in [0.05, 0.1) is 11.8 Å². The van der Waals surface area contributed by atoms with Gasteiger partial charge in [0.1, 0.15) is 5.56 Å². The lowest BCUT2D eigenvalue weighted by Crippen LogP contribution is -2.26. The van der Waals surface area contributed by atoms with Gasteiger partial charge in [-0.05, 0) is 69.0 Å². The van der Waals surface area contributed by atoms with Crippen molar-refractivity contribution in [1.82, 2.24) is 9.55 Å².